The Hall–Kier alpha value is -2.75. The van der Waals surface area contributed by atoms with Crippen LogP contribution < -0.4 is 15.1 Å². The van der Waals surface area contributed by atoms with Gasteiger partial charge in [-0.2, -0.15) is 0 Å². The summed E-state index contributed by atoms with van der Waals surface area (Å²) in [6.45, 7) is 1.13. The van der Waals surface area contributed by atoms with Gasteiger partial charge in [0.15, 0.2) is 0 Å². The van der Waals surface area contributed by atoms with Gasteiger partial charge >= 0.3 is 5.63 Å². The highest BCUT2D eigenvalue weighted by Crippen LogP contribution is 2.19. The van der Waals surface area contributed by atoms with Crippen LogP contribution in [0.3, 0.4) is 0 Å². The largest absolute Gasteiger partial charge is 0.493 e. The van der Waals surface area contributed by atoms with Crippen LogP contribution in [0.2, 0.25) is 0 Å². The van der Waals surface area contributed by atoms with Crippen molar-refractivity contribution >= 4 is 11.0 Å². The third kappa shape index (κ3) is 3.67. The minimum absolute atomic E-state index is 0.360. The number of ether oxygens (including phenoxy) is 2. The van der Waals surface area contributed by atoms with Crippen LogP contribution in [0.15, 0.2) is 69.9 Å². The summed E-state index contributed by atoms with van der Waals surface area (Å²) >= 11 is 0. The number of hydrogen-bond donors (Lipinski definition) is 0. The Bertz CT molecular complexity index is 793. The Kier molecular flexibility index (Phi) is 4.39. The first-order valence-corrected chi connectivity index (χ1v) is 7.16. The second kappa shape index (κ2) is 6.80. The van der Waals surface area contributed by atoms with E-state index in [1.807, 2.05) is 42.5 Å². The molecule has 3 aromatic rings. The van der Waals surface area contributed by atoms with Gasteiger partial charge in [-0.3, -0.25) is 0 Å². The SMILES string of the molecule is O=c1ccc2ccc(OCCCOc3ccccc3)cc2o1. The number of benzene rings is 2. The third-order valence-electron chi connectivity index (χ3n) is 3.16. The molecule has 0 N–H and O–H groups in total. The van der Waals surface area contributed by atoms with Gasteiger partial charge in [-0.1, -0.05) is 18.2 Å². The maximum atomic E-state index is 11.2. The van der Waals surface area contributed by atoms with Crippen molar-refractivity contribution in [3.8, 4) is 11.5 Å². The van der Waals surface area contributed by atoms with Gasteiger partial charge in [-0.25, -0.2) is 4.79 Å². The molecule has 0 aliphatic rings. The first kappa shape index (κ1) is 14.2. The molecule has 0 atom stereocenters. The van der Waals surface area contributed by atoms with Gasteiger partial charge < -0.3 is 13.9 Å². The molecule has 0 aliphatic carbocycles. The number of rotatable bonds is 6. The average molecular weight is 296 g/mol. The van der Waals surface area contributed by atoms with E-state index in [0.29, 0.717) is 24.5 Å². The van der Waals surface area contributed by atoms with Crippen molar-refractivity contribution < 1.29 is 13.9 Å². The molecule has 22 heavy (non-hydrogen) atoms. The second-order valence-electron chi connectivity index (χ2n) is 4.82. The third-order valence-corrected chi connectivity index (χ3v) is 3.16. The Morgan fingerprint density at radius 2 is 1.55 bits per heavy atom. The summed E-state index contributed by atoms with van der Waals surface area (Å²) in [5.74, 6) is 1.54. The summed E-state index contributed by atoms with van der Waals surface area (Å²) in [7, 11) is 0. The molecule has 4 nitrogen and oxygen atoms in total. The van der Waals surface area contributed by atoms with Gasteiger partial charge in [0.05, 0.1) is 13.2 Å². The maximum absolute atomic E-state index is 11.2. The van der Waals surface area contributed by atoms with Crippen LogP contribution in [0.1, 0.15) is 6.42 Å². The molecule has 0 saturated carbocycles. The molecule has 0 spiro atoms. The van der Waals surface area contributed by atoms with Crippen LogP contribution in [-0.2, 0) is 0 Å². The van der Waals surface area contributed by atoms with Crippen LogP contribution in [0, 0.1) is 0 Å². The minimum atomic E-state index is -0.360. The zero-order valence-corrected chi connectivity index (χ0v) is 12.0. The molecular weight excluding hydrogens is 280 g/mol. The molecule has 0 bridgehead atoms. The van der Waals surface area contributed by atoms with E-state index in [9.17, 15) is 4.79 Å². The smallest absolute Gasteiger partial charge is 0.336 e. The van der Waals surface area contributed by atoms with Gasteiger partial charge in [0, 0.05) is 23.9 Å². The normalized spacial score (nSPS) is 10.5. The number of para-hydroxylation sites is 1. The lowest BCUT2D eigenvalue weighted by atomic mass is 10.2. The van der Waals surface area contributed by atoms with E-state index in [0.717, 1.165) is 17.6 Å². The molecule has 1 aromatic heterocycles. The van der Waals surface area contributed by atoms with Gasteiger partial charge in [0.2, 0.25) is 0 Å². The monoisotopic (exact) mass is 296 g/mol. The van der Waals surface area contributed by atoms with Crippen molar-refractivity contribution in [2.75, 3.05) is 13.2 Å². The van der Waals surface area contributed by atoms with E-state index in [-0.39, 0.29) is 5.63 Å². The topological polar surface area (TPSA) is 48.7 Å². The van der Waals surface area contributed by atoms with E-state index in [4.69, 9.17) is 13.9 Å². The summed E-state index contributed by atoms with van der Waals surface area (Å²) in [5.41, 5.74) is 0.173. The van der Waals surface area contributed by atoms with Gasteiger partial charge in [-0.15, -0.1) is 0 Å². The fourth-order valence-electron chi connectivity index (χ4n) is 2.09. The van der Waals surface area contributed by atoms with Crippen molar-refractivity contribution in [2.24, 2.45) is 0 Å². The second-order valence-corrected chi connectivity index (χ2v) is 4.82. The Balaban J connectivity index is 1.50. The standard InChI is InChI=1S/C18H16O4/c19-18-10-8-14-7-9-16(13-17(14)22-18)21-12-4-11-20-15-5-2-1-3-6-15/h1-3,5-10,13H,4,11-12H2. The predicted octanol–water partition coefficient (Wildman–Crippen LogP) is 3.64. The van der Waals surface area contributed by atoms with E-state index in [1.165, 1.54) is 6.07 Å². The first-order valence-electron chi connectivity index (χ1n) is 7.16. The molecule has 0 amide bonds. The van der Waals surface area contributed by atoms with Crippen LogP contribution in [-0.4, -0.2) is 13.2 Å². The summed E-state index contributed by atoms with van der Waals surface area (Å²) in [4.78, 5) is 11.2. The van der Waals surface area contributed by atoms with E-state index in [2.05, 4.69) is 0 Å². The molecule has 0 aliphatic heterocycles. The highest BCUT2D eigenvalue weighted by Gasteiger charge is 2.00. The van der Waals surface area contributed by atoms with E-state index in [1.54, 1.807) is 12.1 Å². The molecule has 0 saturated heterocycles. The van der Waals surface area contributed by atoms with Crippen molar-refractivity contribution in [2.45, 2.75) is 6.42 Å². The van der Waals surface area contributed by atoms with Crippen LogP contribution >= 0.6 is 0 Å². The number of fused-ring (bicyclic) bond motifs is 1. The minimum Gasteiger partial charge on any atom is -0.493 e. The van der Waals surface area contributed by atoms with E-state index < -0.39 is 0 Å². The molecule has 1 heterocycles. The summed E-state index contributed by atoms with van der Waals surface area (Å²) in [5, 5.41) is 0.874. The Morgan fingerprint density at radius 3 is 2.36 bits per heavy atom. The van der Waals surface area contributed by atoms with Crippen LogP contribution in [0.4, 0.5) is 0 Å². The molecule has 2 aromatic carbocycles. The zero-order chi connectivity index (χ0) is 15.2. The van der Waals surface area contributed by atoms with Crippen molar-refractivity contribution in [3.05, 3.63) is 71.1 Å². The lowest BCUT2D eigenvalue weighted by Gasteiger charge is -2.08. The average Bonchev–Trinajstić information content (AvgIpc) is 2.55. The lowest BCUT2D eigenvalue weighted by Crippen LogP contribution is -2.05. The maximum Gasteiger partial charge on any atom is 0.336 e. The molecule has 3 rings (SSSR count). The van der Waals surface area contributed by atoms with Crippen molar-refractivity contribution in [3.63, 3.8) is 0 Å². The fraction of sp³-hybridized carbons (Fsp3) is 0.167. The predicted molar refractivity (Wildman–Crippen MR) is 84.5 cm³/mol. The Morgan fingerprint density at radius 1 is 0.818 bits per heavy atom. The zero-order valence-electron chi connectivity index (χ0n) is 12.0. The van der Waals surface area contributed by atoms with Gasteiger partial charge in [-0.05, 0) is 30.3 Å². The highest BCUT2D eigenvalue weighted by molar-refractivity contribution is 5.77. The summed E-state index contributed by atoms with van der Waals surface area (Å²) < 4.78 is 16.4. The van der Waals surface area contributed by atoms with Gasteiger partial charge in [0.25, 0.3) is 0 Å². The molecule has 112 valence electrons. The summed E-state index contributed by atoms with van der Waals surface area (Å²) in [6.07, 6.45) is 0.770. The molecule has 0 unspecified atom stereocenters. The summed E-state index contributed by atoms with van der Waals surface area (Å²) in [6, 6.07) is 18.3. The Labute approximate surface area is 127 Å². The molecule has 4 heteroatoms. The molecular formula is C18H16O4. The van der Waals surface area contributed by atoms with E-state index >= 15 is 0 Å². The molecule has 0 fully saturated rings. The quantitative estimate of drug-likeness (QED) is 0.514. The van der Waals surface area contributed by atoms with Crippen molar-refractivity contribution in [1.29, 1.82) is 0 Å². The fourth-order valence-corrected chi connectivity index (χ4v) is 2.09. The lowest BCUT2D eigenvalue weighted by molar-refractivity contribution is 0.247. The van der Waals surface area contributed by atoms with Gasteiger partial charge in [0.1, 0.15) is 17.1 Å². The highest BCUT2D eigenvalue weighted by atomic mass is 16.5. The van der Waals surface area contributed by atoms with Crippen LogP contribution in [0.5, 0.6) is 11.5 Å². The first-order chi connectivity index (χ1) is 10.8. The van der Waals surface area contributed by atoms with Crippen LogP contribution in [0.25, 0.3) is 11.0 Å². The number of hydrogen-bond acceptors (Lipinski definition) is 4. The van der Waals surface area contributed by atoms with Crippen molar-refractivity contribution in [1.82, 2.24) is 0 Å². The molecule has 0 radical (unpaired) electrons.